The van der Waals surface area contributed by atoms with E-state index < -0.39 is 6.04 Å². The zero-order chi connectivity index (χ0) is 19.7. The number of rotatable bonds is 4. The Morgan fingerprint density at radius 3 is 2.67 bits per heavy atom. The first kappa shape index (κ1) is 19.8. The van der Waals surface area contributed by atoms with Crippen molar-refractivity contribution in [2.45, 2.75) is 45.7 Å². The van der Waals surface area contributed by atoms with Crippen LogP contribution >= 0.6 is 23.2 Å². The zero-order valence-electron chi connectivity index (χ0n) is 15.5. The number of halogens is 2. The van der Waals surface area contributed by atoms with Crippen molar-refractivity contribution >= 4 is 35.0 Å². The lowest BCUT2D eigenvalue weighted by Crippen LogP contribution is -2.46. The van der Waals surface area contributed by atoms with Crippen LogP contribution in [0.1, 0.15) is 53.2 Å². The quantitative estimate of drug-likeness (QED) is 0.797. The van der Waals surface area contributed by atoms with Gasteiger partial charge in [0.15, 0.2) is 0 Å². The number of hydrogen-bond donors (Lipinski definition) is 1. The smallest absolute Gasteiger partial charge is 0.256 e. The Labute approximate surface area is 168 Å². The van der Waals surface area contributed by atoms with Gasteiger partial charge in [-0.3, -0.25) is 9.59 Å². The molecular weight excluding hydrogens is 387 g/mol. The molecule has 0 spiro atoms. The van der Waals surface area contributed by atoms with Crippen molar-refractivity contribution in [1.29, 1.82) is 0 Å². The van der Waals surface area contributed by atoms with E-state index in [1.54, 1.807) is 23.1 Å². The summed E-state index contributed by atoms with van der Waals surface area (Å²) in [7, 11) is 0. The number of amides is 2. The molecule has 144 valence electrons. The van der Waals surface area contributed by atoms with E-state index in [9.17, 15) is 9.59 Å². The monoisotopic (exact) mass is 408 g/mol. The van der Waals surface area contributed by atoms with Crippen LogP contribution in [0.25, 0.3) is 0 Å². The van der Waals surface area contributed by atoms with Crippen LogP contribution < -0.4 is 5.32 Å². The van der Waals surface area contributed by atoms with Crippen LogP contribution in [-0.2, 0) is 4.79 Å². The molecule has 1 aromatic carbocycles. The fourth-order valence-corrected chi connectivity index (χ4v) is 3.94. The molecule has 3 rings (SSSR count). The first-order valence-corrected chi connectivity index (χ1v) is 9.67. The molecule has 5 nitrogen and oxygen atoms in total. The summed E-state index contributed by atoms with van der Waals surface area (Å²) in [5.74, 6) is 1.13. The Kier molecular flexibility index (Phi) is 5.82. The molecular formula is C20H22Cl2N2O3. The molecule has 0 unspecified atom stereocenters. The molecule has 0 radical (unpaired) electrons. The van der Waals surface area contributed by atoms with E-state index in [-0.39, 0.29) is 17.9 Å². The Morgan fingerprint density at radius 1 is 1.26 bits per heavy atom. The highest BCUT2D eigenvalue weighted by molar-refractivity contribution is 6.35. The number of nitrogens with one attached hydrogen (secondary N) is 1. The lowest BCUT2D eigenvalue weighted by molar-refractivity contribution is -0.125. The van der Waals surface area contributed by atoms with Gasteiger partial charge in [-0.2, -0.15) is 0 Å². The minimum atomic E-state index is -0.525. The topological polar surface area (TPSA) is 62.6 Å². The summed E-state index contributed by atoms with van der Waals surface area (Å²) in [6.07, 6.45) is 1.38. The number of likely N-dealkylation sites (tertiary alicyclic amines) is 1. The Bertz CT molecular complexity index is 878. The molecule has 0 bridgehead atoms. The molecule has 1 aliphatic heterocycles. The van der Waals surface area contributed by atoms with E-state index in [4.69, 9.17) is 27.6 Å². The van der Waals surface area contributed by atoms with Gasteiger partial charge in [0.25, 0.3) is 5.91 Å². The standard InChI is InChI=1S/C20H22Cl2N2O3/c1-11-9-15(13(3)27-11)12(2)23-19(25)18-5-4-8-24(18)20(26)16-10-14(21)6-7-17(16)22/h6-7,9-10,12,18H,4-5,8H2,1-3H3,(H,23,25)/t12-,18+/m0/s1. The lowest BCUT2D eigenvalue weighted by atomic mass is 10.1. The molecule has 2 heterocycles. The van der Waals surface area contributed by atoms with E-state index in [1.807, 2.05) is 26.8 Å². The van der Waals surface area contributed by atoms with Gasteiger partial charge in [0.2, 0.25) is 5.91 Å². The molecule has 1 aromatic heterocycles. The van der Waals surface area contributed by atoms with Gasteiger partial charge in [0, 0.05) is 17.1 Å². The molecule has 27 heavy (non-hydrogen) atoms. The van der Waals surface area contributed by atoms with E-state index in [1.165, 1.54) is 0 Å². The summed E-state index contributed by atoms with van der Waals surface area (Å²) in [6, 6.07) is 5.95. The molecule has 7 heteroatoms. The normalized spacial score (nSPS) is 17.8. The van der Waals surface area contributed by atoms with Gasteiger partial charge in [-0.05, 0) is 57.9 Å². The molecule has 0 aliphatic carbocycles. The van der Waals surface area contributed by atoms with Gasteiger partial charge in [0.1, 0.15) is 17.6 Å². The minimum Gasteiger partial charge on any atom is -0.466 e. The maximum Gasteiger partial charge on any atom is 0.256 e. The van der Waals surface area contributed by atoms with Gasteiger partial charge in [-0.15, -0.1) is 0 Å². The zero-order valence-corrected chi connectivity index (χ0v) is 17.0. The maximum absolute atomic E-state index is 12.9. The van der Waals surface area contributed by atoms with Crippen LogP contribution in [0.15, 0.2) is 28.7 Å². The summed E-state index contributed by atoms with van der Waals surface area (Å²) in [5.41, 5.74) is 1.26. The van der Waals surface area contributed by atoms with E-state index in [2.05, 4.69) is 5.32 Å². The molecule has 1 N–H and O–H groups in total. The number of carbonyl (C=O) groups is 2. The van der Waals surface area contributed by atoms with Crippen molar-refractivity contribution in [2.75, 3.05) is 6.54 Å². The third-order valence-electron chi connectivity index (χ3n) is 4.88. The molecule has 1 saturated heterocycles. The Morgan fingerprint density at radius 2 is 2.00 bits per heavy atom. The third kappa shape index (κ3) is 4.14. The summed E-state index contributed by atoms with van der Waals surface area (Å²) in [5, 5.41) is 3.76. The van der Waals surface area contributed by atoms with Gasteiger partial charge >= 0.3 is 0 Å². The highest BCUT2D eigenvalue weighted by atomic mass is 35.5. The number of aryl methyl sites for hydroxylation is 2. The summed E-state index contributed by atoms with van der Waals surface area (Å²) < 4.78 is 5.54. The first-order valence-electron chi connectivity index (χ1n) is 8.91. The van der Waals surface area contributed by atoms with Crippen molar-refractivity contribution in [2.24, 2.45) is 0 Å². The number of nitrogens with zero attached hydrogens (tertiary/aromatic N) is 1. The predicted molar refractivity (Wildman–Crippen MR) is 105 cm³/mol. The van der Waals surface area contributed by atoms with Crippen molar-refractivity contribution < 1.29 is 14.0 Å². The highest BCUT2D eigenvalue weighted by Gasteiger charge is 2.36. The summed E-state index contributed by atoms with van der Waals surface area (Å²) in [4.78, 5) is 27.4. The van der Waals surface area contributed by atoms with Gasteiger partial charge in [0.05, 0.1) is 16.6 Å². The number of benzene rings is 1. The van der Waals surface area contributed by atoms with Crippen LogP contribution in [-0.4, -0.2) is 29.3 Å². The average molecular weight is 409 g/mol. The average Bonchev–Trinajstić information content (AvgIpc) is 3.22. The fourth-order valence-electron chi connectivity index (χ4n) is 3.57. The van der Waals surface area contributed by atoms with Crippen LogP contribution in [0.3, 0.4) is 0 Å². The largest absolute Gasteiger partial charge is 0.466 e. The SMILES string of the molecule is Cc1cc([C@H](C)NC(=O)[C@H]2CCCN2C(=O)c2cc(Cl)ccc2Cl)c(C)o1. The Hall–Kier alpha value is -1.98. The first-order chi connectivity index (χ1) is 12.8. The van der Waals surface area contributed by atoms with Gasteiger partial charge in [-0.25, -0.2) is 0 Å². The maximum atomic E-state index is 12.9. The second-order valence-corrected chi connectivity index (χ2v) is 7.72. The molecule has 1 aliphatic rings. The van der Waals surface area contributed by atoms with Crippen LogP contribution in [0.4, 0.5) is 0 Å². The van der Waals surface area contributed by atoms with E-state index >= 15 is 0 Å². The van der Waals surface area contributed by atoms with Crippen molar-refractivity contribution in [3.05, 3.63) is 57.0 Å². The van der Waals surface area contributed by atoms with Crippen LogP contribution in [0, 0.1) is 13.8 Å². The van der Waals surface area contributed by atoms with Crippen molar-refractivity contribution in [3.63, 3.8) is 0 Å². The summed E-state index contributed by atoms with van der Waals surface area (Å²) >= 11 is 12.2. The molecule has 2 aromatic rings. The van der Waals surface area contributed by atoms with Crippen molar-refractivity contribution in [1.82, 2.24) is 10.2 Å². The summed E-state index contributed by atoms with van der Waals surface area (Å²) in [6.45, 7) is 6.16. The fraction of sp³-hybridized carbons (Fsp3) is 0.400. The minimum absolute atomic E-state index is 0.176. The second-order valence-electron chi connectivity index (χ2n) is 6.88. The lowest BCUT2D eigenvalue weighted by Gasteiger charge is -2.26. The predicted octanol–water partition coefficient (Wildman–Crippen LogP) is 4.69. The van der Waals surface area contributed by atoms with Crippen molar-refractivity contribution in [3.8, 4) is 0 Å². The van der Waals surface area contributed by atoms with Gasteiger partial charge < -0.3 is 14.6 Å². The molecule has 2 atom stereocenters. The number of hydrogen-bond acceptors (Lipinski definition) is 3. The number of furan rings is 1. The van der Waals surface area contributed by atoms with Crippen LogP contribution in [0.5, 0.6) is 0 Å². The Balaban J connectivity index is 1.75. The highest BCUT2D eigenvalue weighted by Crippen LogP contribution is 2.27. The van der Waals surface area contributed by atoms with E-state index in [0.29, 0.717) is 28.6 Å². The number of carbonyl (C=O) groups excluding carboxylic acids is 2. The van der Waals surface area contributed by atoms with Crippen LogP contribution in [0.2, 0.25) is 10.0 Å². The third-order valence-corrected chi connectivity index (χ3v) is 5.44. The molecule has 1 fully saturated rings. The van der Waals surface area contributed by atoms with Gasteiger partial charge in [-0.1, -0.05) is 23.2 Å². The molecule has 0 saturated carbocycles. The molecule has 2 amide bonds. The second kappa shape index (κ2) is 7.95. The van der Waals surface area contributed by atoms with E-state index in [0.717, 1.165) is 23.5 Å².